The van der Waals surface area contributed by atoms with Crippen molar-refractivity contribution in [1.29, 1.82) is 0 Å². The van der Waals surface area contributed by atoms with Crippen LogP contribution in [0.2, 0.25) is 15.1 Å². The molecule has 2 N–H and O–H groups in total. The van der Waals surface area contributed by atoms with E-state index in [0.29, 0.717) is 10.8 Å². The Labute approximate surface area is 186 Å². The topological polar surface area (TPSA) is 84.6 Å². The number of ether oxygens (including phenoxy) is 1. The molecule has 0 bridgehead atoms. The van der Waals surface area contributed by atoms with Crippen LogP contribution >= 0.6 is 34.8 Å². The van der Waals surface area contributed by atoms with Crippen molar-refractivity contribution in [1.82, 2.24) is 10.5 Å². The first-order chi connectivity index (χ1) is 14.3. The highest BCUT2D eigenvalue weighted by Gasteiger charge is 2.25. The first-order valence-electron chi connectivity index (χ1n) is 8.73. The number of rotatable bonds is 7. The van der Waals surface area contributed by atoms with Gasteiger partial charge in [0.15, 0.2) is 0 Å². The van der Waals surface area contributed by atoms with Crippen molar-refractivity contribution >= 4 is 40.7 Å². The summed E-state index contributed by atoms with van der Waals surface area (Å²) in [6, 6.07) is 8.99. The fraction of sp³-hybridized carbons (Fsp3) is 0.200. The molecule has 0 aliphatic carbocycles. The minimum absolute atomic E-state index is 0.0213. The van der Waals surface area contributed by atoms with E-state index in [-0.39, 0.29) is 45.8 Å². The van der Waals surface area contributed by atoms with Gasteiger partial charge in [-0.2, -0.15) is 0 Å². The summed E-state index contributed by atoms with van der Waals surface area (Å²) < 4.78 is 24.8. The van der Waals surface area contributed by atoms with Gasteiger partial charge in [0, 0.05) is 6.54 Å². The summed E-state index contributed by atoms with van der Waals surface area (Å²) in [6.07, 6.45) is -1.05. The Bertz CT molecular complexity index is 1050. The van der Waals surface area contributed by atoms with Crippen LogP contribution in [-0.2, 0) is 0 Å². The molecule has 1 heterocycles. The number of carbonyl (C=O) groups excluding carboxylic acids is 1. The lowest BCUT2D eigenvalue weighted by molar-refractivity contribution is 0.0843. The molecule has 0 saturated heterocycles. The minimum atomic E-state index is -1.05. The molecule has 0 aliphatic rings. The number of carbonyl (C=O) groups is 1. The van der Waals surface area contributed by atoms with Crippen LogP contribution in [-0.4, -0.2) is 35.4 Å². The number of aliphatic hydroxyl groups is 1. The molecule has 0 aliphatic heterocycles. The van der Waals surface area contributed by atoms with Crippen molar-refractivity contribution in [2.75, 3.05) is 13.2 Å². The van der Waals surface area contributed by atoms with E-state index in [1.165, 1.54) is 25.1 Å². The van der Waals surface area contributed by atoms with Gasteiger partial charge in [-0.15, -0.1) is 0 Å². The van der Waals surface area contributed by atoms with Crippen LogP contribution in [0, 0.1) is 12.7 Å². The molecule has 1 aromatic heterocycles. The molecule has 2 aromatic carbocycles. The number of aromatic nitrogens is 1. The molecule has 0 fully saturated rings. The second kappa shape index (κ2) is 9.66. The number of halogens is 4. The third-order valence-corrected chi connectivity index (χ3v) is 5.25. The molecule has 10 heteroatoms. The van der Waals surface area contributed by atoms with E-state index in [1.807, 2.05) is 0 Å². The number of aliphatic hydroxyl groups excluding tert-OH is 1. The highest BCUT2D eigenvalue weighted by Crippen LogP contribution is 2.33. The Morgan fingerprint density at radius 1 is 1.23 bits per heavy atom. The van der Waals surface area contributed by atoms with Gasteiger partial charge >= 0.3 is 0 Å². The molecule has 1 amide bonds. The summed E-state index contributed by atoms with van der Waals surface area (Å²) in [5.74, 6) is -0.765. The van der Waals surface area contributed by atoms with Crippen molar-refractivity contribution in [2.45, 2.75) is 13.0 Å². The largest absolute Gasteiger partial charge is 0.489 e. The van der Waals surface area contributed by atoms with Gasteiger partial charge in [-0.25, -0.2) is 4.39 Å². The molecule has 3 aromatic rings. The Morgan fingerprint density at radius 3 is 2.67 bits per heavy atom. The number of amides is 1. The van der Waals surface area contributed by atoms with Crippen molar-refractivity contribution in [2.24, 2.45) is 0 Å². The molecule has 1 atom stereocenters. The predicted molar refractivity (Wildman–Crippen MR) is 112 cm³/mol. The Hall–Kier alpha value is -2.32. The second-order valence-electron chi connectivity index (χ2n) is 6.29. The van der Waals surface area contributed by atoms with Crippen LogP contribution in [0.1, 0.15) is 16.1 Å². The first kappa shape index (κ1) is 22.4. The van der Waals surface area contributed by atoms with Crippen molar-refractivity contribution in [3.8, 4) is 17.0 Å². The SMILES string of the molecule is Cc1onc(-c2c(F)cccc2Cl)c1C(=O)NCC(O)COc1cccc(Cl)c1Cl. The molecular weight excluding hydrogens is 458 g/mol. The summed E-state index contributed by atoms with van der Waals surface area (Å²) in [5, 5.41) is 17.1. The van der Waals surface area contributed by atoms with Crippen LogP contribution < -0.4 is 10.1 Å². The zero-order valence-corrected chi connectivity index (χ0v) is 17.9. The van der Waals surface area contributed by atoms with Gasteiger partial charge in [0.25, 0.3) is 5.91 Å². The van der Waals surface area contributed by atoms with Crippen LogP contribution in [0.4, 0.5) is 4.39 Å². The lowest BCUT2D eigenvalue weighted by Gasteiger charge is -2.14. The van der Waals surface area contributed by atoms with Gasteiger partial charge in [-0.1, -0.05) is 52.1 Å². The van der Waals surface area contributed by atoms with Crippen LogP contribution in [0.15, 0.2) is 40.9 Å². The number of nitrogens with zero attached hydrogens (tertiary/aromatic N) is 1. The average molecular weight is 474 g/mol. The predicted octanol–water partition coefficient (Wildman–Crippen LogP) is 4.92. The van der Waals surface area contributed by atoms with Crippen LogP contribution in [0.3, 0.4) is 0 Å². The van der Waals surface area contributed by atoms with E-state index in [2.05, 4.69) is 10.5 Å². The molecule has 6 nitrogen and oxygen atoms in total. The van der Waals surface area contributed by atoms with E-state index in [4.69, 9.17) is 44.1 Å². The van der Waals surface area contributed by atoms with Crippen LogP contribution in [0.5, 0.6) is 5.75 Å². The molecule has 0 spiro atoms. The highest BCUT2D eigenvalue weighted by atomic mass is 35.5. The number of benzene rings is 2. The van der Waals surface area contributed by atoms with Crippen molar-refractivity contribution in [3.05, 3.63) is 68.6 Å². The Morgan fingerprint density at radius 2 is 1.93 bits per heavy atom. The van der Waals surface area contributed by atoms with Gasteiger partial charge in [0.1, 0.15) is 46.3 Å². The fourth-order valence-corrected chi connectivity index (χ4v) is 3.27. The summed E-state index contributed by atoms with van der Waals surface area (Å²) in [6.45, 7) is 1.22. The Kier molecular flexibility index (Phi) is 7.20. The van der Waals surface area contributed by atoms with Crippen molar-refractivity contribution in [3.63, 3.8) is 0 Å². The fourth-order valence-electron chi connectivity index (χ4n) is 2.67. The zero-order valence-electron chi connectivity index (χ0n) is 15.6. The van der Waals surface area contributed by atoms with E-state index < -0.39 is 17.8 Å². The standard InChI is InChI=1S/C20H16Cl3FN2O4/c1-10-16(19(26-30-10)17-12(21)4-2-6-14(17)24)20(28)25-8-11(27)9-29-15-7-3-5-13(22)18(15)23/h2-7,11,27H,8-9H2,1H3,(H,25,28). The van der Waals surface area contributed by atoms with E-state index in [1.54, 1.807) is 18.2 Å². The second-order valence-corrected chi connectivity index (χ2v) is 7.48. The summed E-state index contributed by atoms with van der Waals surface area (Å²) in [5.41, 5.74) is -0.0433. The minimum Gasteiger partial charge on any atom is -0.489 e. The van der Waals surface area contributed by atoms with E-state index in [9.17, 15) is 14.3 Å². The molecule has 0 radical (unpaired) electrons. The van der Waals surface area contributed by atoms with Gasteiger partial charge in [-0.3, -0.25) is 4.79 Å². The van der Waals surface area contributed by atoms with Gasteiger partial charge in [0.05, 0.1) is 15.6 Å². The number of hydrogen-bond acceptors (Lipinski definition) is 5. The average Bonchev–Trinajstić information content (AvgIpc) is 3.08. The third-order valence-electron chi connectivity index (χ3n) is 4.13. The third kappa shape index (κ3) is 4.87. The quantitative estimate of drug-likeness (QED) is 0.509. The molecule has 1 unspecified atom stereocenters. The molecule has 3 rings (SSSR count). The summed E-state index contributed by atoms with van der Waals surface area (Å²) in [4.78, 5) is 12.7. The van der Waals surface area contributed by atoms with Crippen molar-refractivity contribution < 1.29 is 23.6 Å². The van der Waals surface area contributed by atoms with E-state index >= 15 is 0 Å². The molecular formula is C20H16Cl3FN2O4. The molecule has 0 saturated carbocycles. The maximum atomic E-state index is 14.3. The van der Waals surface area contributed by atoms with Crippen LogP contribution in [0.25, 0.3) is 11.3 Å². The maximum absolute atomic E-state index is 14.3. The normalized spacial score (nSPS) is 11.9. The van der Waals surface area contributed by atoms with Gasteiger partial charge in [0.2, 0.25) is 0 Å². The maximum Gasteiger partial charge on any atom is 0.257 e. The van der Waals surface area contributed by atoms with Gasteiger partial charge < -0.3 is 19.7 Å². The highest BCUT2D eigenvalue weighted by molar-refractivity contribution is 6.42. The lowest BCUT2D eigenvalue weighted by atomic mass is 10.0. The lowest BCUT2D eigenvalue weighted by Crippen LogP contribution is -2.35. The molecule has 30 heavy (non-hydrogen) atoms. The first-order valence-corrected chi connectivity index (χ1v) is 9.86. The monoisotopic (exact) mass is 472 g/mol. The number of aryl methyl sites for hydroxylation is 1. The Balaban J connectivity index is 1.67. The zero-order chi connectivity index (χ0) is 21.8. The summed E-state index contributed by atoms with van der Waals surface area (Å²) in [7, 11) is 0. The summed E-state index contributed by atoms with van der Waals surface area (Å²) >= 11 is 18.0. The molecule has 158 valence electrons. The number of hydrogen-bond donors (Lipinski definition) is 2. The number of nitrogens with one attached hydrogen (secondary N) is 1. The van der Waals surface area contributed by atoms with Gasteiger partial charge in [-0.05, 0) is 31.2 Å². The van der Waals surface area contributed by atoms with E-state index in [0.717, 1.165) is 0 Å². The smallest absolute Gasteiger partial charge is 0.257 e.